The van der Waals surface area contributed by atoms with Gasteiger partial charge in [0.2, 0.25) is 11.8 Å². The quantitative estimate of drug-likeness (QED) is 0.163. The standard InChI is InChI=1S/C33H47N3O8S/c1-20(2)8-13-25-32(6,44-25)29-28(41-7)23(14-15-33(29)19-43-33)35-30(40)36-27(39)18-45-22-11-9-21(10-12-22)34-26(38)17-42-16-24(37)31(3,4)5/h8-12,23,25,28-29H,13-19H2,1-7H3,(H,34,38)(H2,35,36,39,40)/t23-,25-,28-,29-,32-,33+/m1/s1. The molecule has 4 rings (SSSR count). The van der Waals surface area contributed by atoms with Crippen molar-refractivity contribution in [2.75, 3.05) is 38.0 Å². The van der Waals surface area contributed by atoms with Crippen molar-refractivity contribution in [2.45, 2.75) is 95.2 Å². The maximum absolute atomic E-state index is 12.8. The highest BCUT2D eigenvalue weighted by Gasteiger charge is 2.71. The number of epoxide rings is 2. The van der Waals surface area contributed by atoms with Crippen LogP contribution in [0.3, 0.4) is 0 Å². The van der Waals surface area contributed by atoms with Crippen LogP contribution in [-0.4, -0.2) is 85.8 Å². The molecule has 6 atom stereocenters. The first-order valence-electron chi connectivity index (χ1n) is 15.4. The molecule has 0 aromatic heterocycles. The number of carbonyl (C=O) groups excluding carboxylic acids is 4. The van der Waals surface area contributed by atoms with E-state index in [0.717, 1.165) is 17.7 Å². The van der Waals surface area contributed by atoms with Crippen molar-refractivity contribution >= 4 is 41.1 Å². The minimum atomic E-state index is -0.563. The van der Waals surface area contributed by atoms with Gasteiger partial charge in [-0.2, -0.15) is 0 Å². The first kappa shape index (κ1) is 35.1. The Morgan fingerprint density at radius 1 is 1.09 bits per heavy atom. The average Bonchev–Trinajstić information content (AvgIpc) is 3.88. The second-order valence-corrected chi connectivity index (χ2v) is 14.6. The van der Waals surface area contributed by atoms with Gasteiger partial charge in [0, 0.05) is 29.0 Å². The van der Waals surface area contributed by atoms with E-state index < -0.39 is 23.0 Å². The molecule has 3 aliphatic rings. The summed E-state index contributed by atoms with van der Waals surface area (Å²) in [5.41, 5.74) is 0.571. The molecule has 4 amide bonds. The fraction of sp³-hybridized carbons (Fsp3) is 0.636. The highest BCUT2D eigenvalue weighted by Crippen LogP contribution is 2.59. The van der Waals surface area contributed by atoms with E-state index in [-0.39, 0.29) is 60.4 Å². The summed E-state index contributed by atoms with van der Waals surface area (Å²) in [6.07, 6.45) is 4.19. The van der Waals surface area contributed by atoms with E-state index in [1.807, 2.05) is 0 Å². The van der Waals surface area contributed by atoms with Gasteiger partial charge in [0.15, 0.2) is 5.78 Å². The lowest BCUT2D eigenvalue weighted by molar-refractivity contribution is -0.133. The first-order valence-corrected chi connectivity index (χ1v) is 16.4. The van der Waals surface area contributed by atoms with Crippen LogP contribution in [0.15, 0.2) is 40.8 Å². The normalized spacial score (nSPS) is 28.6. The molecule has 248 valence electrons. The topological polar surface area (TPSA) is 148 Å². The summed E-state index contributed by atoms with van der Waals surface area (Å²) in [5, 5.41) is 8.11. The molecule has 1 aromatic rings. The molecular weight excluding hydrogens is 598 g/mol. The van der Waals surface area contributed by atoms with E-state index in [2.05, 4.69) is 42.8 Å². The Balaban J connectivity index is 1.21. The lowest BCUT2D eigenvalue weighted by atomic mass is 9.67. The Kier molecular flexibility index (Phi) is 11.2. The van der Waals surface area contributed by atoms with Crippen molar-refractivity contribution in [3.05, 3.63) is 35.9 Å². The van der Waals surface area contributed by atoms with E-state index in [4.69, 9.17) is 18.9 Å². The number of thioether (sulfide) groups is 1. The number of ketones is 1. The second kappa shape index (κ2) is 14.3. The smallest absolute Gasteiger partial charge is 0.321 e. The second-order valence-electron chi connectivity index (χ2n) is 13.5. The third-order valence-corrected chi connectivity index (χ3v) is 9.69. The molecule has 11 nitrogen and oxygen atoms in total. The van der Waals surface area contributed by atoms with Crippen molar-refractivity contribution < 1.29 is 38.1 Å². The molecule has 0 bridgehead atoms. The van der Waals surface area contributed by atoms with Crippen LogP contribution >= 0.6 is 11.8 Å². The van der Waals surface area contributed by atoms with E-state index >= 15 is 0 Å². The molecule has 3 N–H and O–H groups in total. The van der Waals surface area contributed by atoms with E-state index in [0.29, 0.717) is 18.7 Å². The molecule has 1 aromatic carbocycles. The Morgan fingerprint density at radius 3 is 2.38 bits per heavy atom. The zero-order chi connectivity index (χ0) is 33.0. The highest BCUT2D eigenvalue weighted by atomic mass is 32.2. The summed E-state index contributed by atoms with van der Waals surface area (Å²) in [5.74, 6) is -0.897. The molecule has 2 aliphatic heterocycles. The molecule has 0 unspecified atom stereocenters. The minimum Gasteiger partial charge on any atom is -0.379 e. The molecule has 1 saturated carbocycles. The fourth-order valence-corrected chi connectivity index (χ4v) is 6.64. The van der Waals surface area contributed by atoms with Crippen LogP contribution in [0.4, 0.5) is 10.5 Å². The minimum absolute atomic E-state index is 0.0324. The SMILES string of the molecule is CO[C@@H]1[C@H](NC(=O)NC(=O)CSc2ccc(NC(=O)COCC(=O)C(C)(C)C)cc2)CC[C@]2(CO2)[C@H]1[C@]1(C)O[C@@H]1CC=C(C)C. The molecule has 45 heavy (non-hydrogen) atoms. The largest absolute Gasteiger partial charge is 0.379 e. The predicted octanol–water partition coefficient (Wildman–Crippen LogP) is 4.25. The summed E-state index contributed by atoms with van der Waals surface area (Å²) < 4.78 is 23.4. The van der Waals surface area contributed by atoms with Crippen LogP contribution in [0.5, 0.6) is 0 Å². The van der Waals surface area contributed by atoms with Gasteiger partial charge in [0.25, 0.3) is 0 Å². The maximum atomic E-state index is 12.8. The van der Waals surface area contributed by atoms with Crippen molar-refractivity contribution in [1.29, 1.82) is 0 Å². The predicted molar refractivity (Wildman–Crippen MR) is 171 cm³/mol. The van der Waals surface area contributed by atoms with Gasteiger partial charge < -0.3 is 29.6 Å². The third-order valence-electron chi connectivity index (χ3n) is 8.67. The third kappa shape index (κ3) is 9.16. The number of allylic oxidation sites excluding steroid dienone is 1. The van der Waals surface area contributed by atoms with Crippen LogP contribution in [0.1, 0.15) is 60.8 Å². The van der Waals surface area contributed by atoms with Crippen LogP contribution in [0.2, 0.25) is 0 Å². The Morgan fingerprint density at radius 2 is 1.78 bits per heavy atom. The molecule has 2 saturated heterocycles. The number of hydrogen-bond donors (Lipinski definition) is 3. The van der Waals surface area contributed by atoms with Crippen molar-refractivity contribution in [3.63, 3.8) is 0 Å². The Hall–Kier alpha value is -2.77. The molecule has 1 spiro atoms. The first-order chi connectivity index (χ1) is 21.2. The number of Topliss-reactive ketones (excluding diaryl/α,β-unsaturated/α-hetero) is 1. The number of urea groups is 1. The maximum Gasteiger partial charge on any atom is 0.321 e. The van der Waals surface area contributed by atoms with Crippen molar-refractivity contribution in [2.24, 2.45) is 11.3 Å². The van der Waals surface area contributed by atoms with Gasteiger partial charge >= 0.3 is 6.03 Å². The summed E-state index contributed by atoms with van der Waals surface area (Å²) in [4.78, 5) is 50.3. The van der Waals surface area contributed by atoms with Crippen LogP contribution in [0, 0.1) is 11.3 Å². The number of hydrogen-bond acceptors (Lipinski definition) is 9. The van der Waals surface area contributed by atoms with E-state index in [9.17, 15) is 19.2 Å². The molecular formula is C33H47N3O8S. The fourth-order valence-electron chi connectivity index (χ4n) is 5.94. The number of benzene rings is 1. The zero-order valence-corrected chi connectivity index (χ0v) is 28.1. The number of carbonyl (C=O) groups is 4. The highest BCUT2D eigenvalue weighted by molar-refractivity contribution is 8.00. The van der Waals surface area contributed by atoms with Crippen LogP contribution in [-0.2, 0) is 33.3 Å². The average molecular weight is 646 g/mol. The summed E-state index contributed by atoms with van der Waals surface area (Å²) in [6, 6.07) is 6.09. The van der Waals surface area contributed by atoms with Gasteiger partial charge in [-0.25, -0.2) is 4.79 Å². The van der Waals surface area contributed by atoms with Crippen LogP contribution < -0.4 is 16.0 Å². The lowest BCUT2D eigenvalue weighted by Crippen LogP contribution is -2.60. The van der Waals surface area contributed by atoms with Crippen LogP contribution in [0.25, 0.3) is 0 Å². The van der Waals surface area contributed by atoms with Gasteiger partial charge in [0.1, 0.15) is 18.8 Å². The lowest BCUT2D eigenvalue weighted by Gasteiger charge is -2.43. The number of imide groups is 1. The van der Waals surface area contributed by atoms with Crippen molar-refractivity contribution in [1.82, 2.24) is 10.6 Å². The summed E-state index contributed by atoms with van der Waals surface area (Å²) >= 11 is 1.27. The number of anilines is 1. The number of methoxy groups -OCH3 is 1. The van der Waals surface area contributed by atoms with Gasteiger partial charge in [-0.05, 0) is 64.3 Å². The number of amides is 4. The zero-order valence-electron chi connectivity index (χ0n) is 27.3. The Labute approximate surface area is 269 Å². The summed E-state index contributed by atoms with van der Waals surface area (Å²) in [7, 11) is 1.64. The van der Waals surface area contributed by atoms with Gasteiger partial charge in [0.05, 0.1) is 36.2 Å². The number of nitrogens with one attached hydrogen (secondary N) is 3. The van der Waals surface area contributed by atoms with Gasteiger partial charge in [-0.1, -0.05) is 32.4 Å². The van der Waals surface area contributed by atoms with E-state index in [1.54, 1.807) is 52.1 Å². The molecule has 1 aliphatic carbocycles. The monoisotopic (exact) mass is 645 g/mol. The van der Waals surface area contributed by atoms with Crippen molar-refractivity contribution in [3.8, 4) is 0 Å². The Bertz CT molecular complexity index is 1290. The van der Waals surface area contributed by atoms with E-state index in [1.165, 1.54) is 17.3 Å². The van der Waals surface area contributed by atoms with Gasteiger partial charge in [-0.15, -0.1) is 11.8 Å². The molecule has 3 fully saturated rings. The molecule has 0 radical (unpaired) electrons. The molecule has 2 heterocycles. The summed E-state index contributed by atoms with van der Waals surface area (Å²) in [6.45, 7) is 11.9. The number of rotatable bonds is 13. The molecule has 12 heteroatoms. The van der Waals surface area contributed by atoms with Gasteiger partial charge in [-0.3, -0.25) is 19.7 Å². The number of ether oxygens (including phenoxy) is 4.